The number of benzene rings is 1. The first-order valence-electron chi connectivity index (χ1n) is 23.8. The van der Waals surface area contributed by atoms with Crippen LogP contribution in [0.5, 0.6) is 0 Å². The van der Waals surface area contributed by atoms with E-state index in [1.165, 1.54) is 21.9 Å². The summed E-state index contributed by atoms with van der Waals surface area (Å²) in [5, 5.41) is 17.0. The first-order valence-corrected chi connectivity index (χ1v) is 23.8. The first kappa shape index (κ1) is 50.7. The van der Waals surface area contributed by atoms with E-state index in [9.17, 15) is 29.1 Å². The van der Waals surface area contributed by atoms with Crippen LogP contribution in [0.1, 0.15) is 70.7 Å². The summed E-state index contributed by atoms with van der Waals surface area (Å²) < 4.78 is 14.0. The molecule has 0 spiro atoms. The molecule has 2 fully saturated rings. The number of fused-ring (bicyclic) bond motifs is 6. The fourth-order valence-electron chi connectivity index (χ4n) is 9.85. The minimum absolute atomic E-state index is 0.0224. The monoisotopic (exact) mass is 946 g/mol. The number of cyclic esters (lactones) is 1. The molecular formula is C52H67N9O8. The average molecular weight is 946 g/mol. The van der Waals surface area contributed by atoms with Gasteiger partial charge in [-0.15, -0.1) is 0 Å². The van der Waals surface area contributed by atoms with E-state index in [0.29, 0.717) is 44.7 Å². The van der Waals surface area contributed by atoms with Crippen molar-refractivity contribution in [3.05, 3.63) is 71.8 Å². The number of aromatic nitrogens is 3. The van der Waals surface area contributed by atoms with E-state index < -0.39 is 64.7 Å². The number of likely N-dealkylation sites (N-methyl/N-ethyl adjacent to an activating group) is 1. The molecule has 6 heterocycles. The van der Waals surface area contributed by atoms with Crippen LogP contribution in [0.4, 0.5) is 0 Å². The van der Waals surface area contributed by atoms with Crippen molar-refractivity contribution in [3.8, 4) is 34.2 Å². The first-order chi connectivity index (χ1) is 32.8. The SMILES string of the molecule is CCn1c(-c2cnccc2COC)c2c3cc(ccc31)-c1ccnc(c1)C[C@H](NC(=O)[C@H](C(C)C)N(C)C(=O)C1(O)CCN(C(=O)C#CCN(C)C)C1)C(=O)N1CCC[C@H](N1)C(=O)OCC(C)(C)C2. The van der Waals surface area contributed by atoms with Gasteiger partial charge in [0.2, 0.25) is 5.91 Å². The van der Waals surface area contributed by atoms with Gasteiger partial charge in [0.15, 0.2) is 5.60 Å². The van der Waals surface area contributed by atoms with Crippen molar-refractivity contribution in [1.82, 2.24) is 45.0 Å². The summed E-state index contributed by atoms with van der Waals surface area (Å²) in [6.45, 7) is 11.5. The Bertz CT molecular complexity index is 2650. The summed E-state index contributed by atoms with van der Waals surface area (Å²) in [6.07, 6.45) is 6.78. The van der Waals surface area contributed by atoms with E-state index in [4.69, 9.17) is 14.5 Å². The van der Waals surface area contributed by atoms with Crippen molar-refractivity contribution in [2.75, 3.05) is 61.0 Å². The normalized spacial score (nSPS) is 21.1. The smallest absolute Gasteiger partial charge is 0.324 e. The van der Waals surface area contributed by atoms with Gasteiger partial charge in [0, 0.05) is 92.8 Å². The van der Waals surface area contributed by atoms with Crippen LogP contribution >= 0.6 is 0 Å². The highest BCUT2D eigenvalue weighted by molar-refractivity contribution is 5.98. The van der Waals surface area contributed by atoms with Gasteiger partial charge < -0.3 is 34.3 Å². The number of methoxy groups -OCH3 is 1. The van der Waals surface area contributed by atoms with E-state index >= 15 is 0 Å². The number of esters is 1. The third-order valence-electron chi connectivity index (χ3n) is 13.3. The Labute approximate surface area is 404 Å². The molecule has 3 N–H and O–H groups in total. The lowest BCUT2D eigenvalue weighted by atomic mass is 9.84. The number of ether oxygens (including phenoxy) is 2. The Morgan fingerprint density at radius 3 is 2.57 bits per heavy atom. The predicted molar refractivity (Wildman–Crippen MR) is 261 cm³/mol. The highest BCUT2D eigenvalue weighted by Gasteiger charge is 2.48. The van der Waals surface area contributed by atoms with Gasteiger partial charge in [-0.05, 0) is 105 Å². The summed E-state index contributed by atoms with van der Waals surface area (Å²) in [5.41, 5.74) is 8.04. The highest BCUT2D eigenvalue weighted by Crippen LogP contribution is 2.41. The molecule has 3 aromatic heterocycles. The number of hydrogen-bond donors (Lipinski definition) is 3. The van der Waals surface area contributed by atoms with Gasteiger partial charge in [0.25, 0.3) is 17.7 Å². The molecule has 7 rings (SSSR count). The third-order valence-corrected chi connectivity index (χ3v) is 13.3. The maximum atomic E-state index is 14.7. The van der Waals surface area contributed by atoms with E-state index in [1.54, 1.807) is 33.4 Å². The fraction of sp³-hybridized carbons (Fsp3) is 0.519. The molecule has 69 heavy (non-hydrogen) atoms. The number of amides is 4. The number of nitrogens with zero attached hydrogens (tertiary/aromatic N) is 7. The average Bonchev–Trinajstić information content (AvgIpc) is 3.87. The zero-order valence-electron chi connectivity index (χ0n) is 41.4. The van der Waals surface area contributed by atoms with Crippen molar-refractivity contribution < 1.29 is 38.6 Å². The topological polar surface area (TPSA) is 192 Å². The molecule has 4 atom stereocenters. The standard InChI is InChI=1S/C52H67N9O8/c1-10-60-43-16-15-34-26-38(43)39(46(60)40-29-53-20-17-36(40)30-68-9)28-51(4,5)32-69-49(65)41-13-11-23-61(56-41)48(64)42(27-37-25-35(34)18-21-54-37)55-47(63)45(33(2)3)58(8)50(66)52(67)19-24-59(31-52)44(62)14-12-22-57(6)7/h15-18,20-21,25-26,29,33,41-42,45,56,67H,10-11,13,19,22-24,27-28,30-32H2,1-9H3,(H,55,63)/t41-,42-,45-,52?/m0/s1. The number of aliphatic hydroxyl groups is 1. The van der Waals surface area contributed by atoms with Crippen LogP contribution in [-0.4, -0.2) is 154 Å². The zero-order chi connectivity index (χ0) is 49.8. The van der Waals surface area contributed by atoms with E-state index in [1.807, 2.05) is 43.4 Å². The van der Waals surface area contributed by atoms with Crippen LogP contribution in [-0.2, 0) is 59.4 Å². The summed E-state index contributed by atoms with van der Waals surface area (Å²) >= 11 is 0. The quantitative estimate of drug-likeness (QED) is 0.155. The molecular weight excluding hydrogens is 879 g/mol. The van der Waals surface area contributed by atoms with Crippen LogP contribution in [0.15, 0.2) is 55.0 Å². The molecule has 17 heteroatoms. The Morgan fingerprint density at radius 2 is 1.84 bits per heavy atom. The minimum Gasteiger partial charge on any atom is -0.464 e. The zero-order valence-corrected chi connectivity index (χ0v) is 41.4. The number of carbonyl (C=O) groups excluding carboxylic acids is 5. The lowest BCUT2D eigenvalue weighted by molar-refractivity contribution is -0.156. The number of pyridine rings is 2. The number of β-amino-alcohol motifs (C(OH)–C–C–N with tert-alkyl or cyclic N) is 1. The molecule has 1 aromatic carbocycles. The van der Waals surface area contributed by atoms with E-state index in [0.717, 1.165) is 44.4 Å². The van der Waals surface area contributed by atoms with Gasteiger partial charge in [-0.25, -0.2) is 5.43 Å². The lowest BCUT2D eigenvalue weighted by Gasteiger charge is -2.37. The number of carbonyl (C=O) groups is 5. The van der Waals surface area contributed by atoms with Gasteiger partial charge in [-0.1, -0.05) is 39.7 Å². The van der Waals surface area contributed by atoms with E-state index in [-0.39, 0.29) is 39.1 Å². The maximum Gasteiger partial charge on any atom is 0.324 e. The van der Waals surface area contributed by atoms with Crippen molar-refractivity contribution in [2.24, 2.45) is 11.3 Å². The second kappa shape index (κ2) is 21.2. The minimum atomic E-state index is -1.95. The van der Waals surface area contributed by atoms with Crippen LogP contribution < -0.4 is 10.7 Å². The molecule has 17 nitrogen and oxygen atoms in total. The Hall–Kier alpha value is -6.19. The fourth-order valence-corrected chi connectivity index (χ4v) is 9.85. The van der Waals surface area contributed by atoms with Crippen LogP contribution in [0.25, 0.3) is 33.3 Å². The van der Waals surface area contributed by atoms with Crippen LogP contribution in [0.3, 0.4) is 0 Å². The molecule has 0 saturated carbocycles. The largest absolute Gasteiger partial charge is 0.464 e. The molecule has 0 radical (unpaired) electrons. The molecule has 3 aliphatic rings. The second-order valence-corrected chi connectivity index (χ2v) is 20.0. The molecule has 6 bridgehead atoms. The Morgan fingerprint density at radius 1 is 1.07 bits per heavy atom. The number of rotatable bonds is 10. The molecule has 1 unspecified atom stereocenters. The number of hydrazine groups is 1. The summed E-state index contributed by atoms with van der Waals surface area (Å²) in [5.74, 6) is 2.09. The van der Waals surface area contributed by atoms with Crippen molar-refractivity contribution in [3.63, 3.8) is 0 Å². The molecule has 4 aromatic rings. The summed E-state index contributed by atoms with van der Waals surface area (Å²) in [6, 6.07) is 9.04. The molecule has 368 valence electrons. The predicted octanol–water partition coefficient (Wildman–Crippen LogP) is 3.59. The van der Waals surface area contributed by atoms with Gasteiger partial charge in [0.1, 0.15) is 18.1 Å². The molecule has 3 aliphatic heterocycles. The maximum absolute atomic E-state index is 14.7. The lowest BCUT2D eigenvalue weighted by Crippen LogP contribution is -2.63. The van der Waals surface area contributed by atoms with Crippen molar-refractivity contribution >= 4 is 40.5 Å². The number of nitrogens with one attached hydrogen (secondary N) is 2. The van der Waals surface area contributed by atoms with Gasteiger partial charge >= 0.3 is 5.97 Å². The molecule has 0 aliphatic carbocycles. The van der Waals surface area contributed by atoms with Crippen molar-refractivity contribution in [2.45, 2.75) is 104 Å². The number of likely N-dealkylation sites (tertiary alicyclic amines) is 1. The van der Waals surface area contributed by atoms with Crippen LogP contribution in [0, 0.1) is 23.2 Å². The van der Waals surface area contributed by atoms with E-state index in [2.05, 4.69) is 71.1 Å². The van der Waals surface area contributed by atoms with Gasteiger partial charge in [-0.2, -0.15) is 0 Å². The third kappa shape index (κ3) is 11.2. The number of hydrogen-bond acceptors (Lipinski definition) is 12. The summed E-state index contributed by atoms with van der Waals surface area (Å²) in [7, 11) is 6.79. The second-order valence-electron chi connectivity index (χ2n) is 20.0. The molecule has 2 saturated heterocycles. The van der Waals surface area contributed by atoms with Crippen molar-refractivity contribution in [1.29, 1.82) is 0 Å². The Kier molecular flexibility index (Phi) is 15.6. The highest BCUT2D eigenvalue weighted by atomic mass is 16.5. The van der Waals surface area contributed by atoms with Crippen LogP contribution in [0.2, 0.25) is 0 Å². The Balaban J connectivity index is 1.24. The summed E-state index contributed by atoms with van der Waals surface area (Å²) in [4.78, 5) is 83.9. The van der Waals surface area contributed by atoms with Gasteiger partial charge in [-0.3, -0.25) is 43.8 Å². The molecule has 4 amide bonds. The van der Waals surface area contributed by atoms with Gasteiger partial charge in [0.05, 0.1) is 32.0 Å². The number of aryl methyl sites for hydroxylation is 1.